The first-order valence-corrected chi connectivity index (χ1v) is 8.58. The Labute approximate surface area is 154 Å². The smallest absolute Gasteiger partial charge is 0.272 e. The monoisotopic (exact) mass is 365 g/mol. The normalized spacial score (nSPS) is 10.7. The first-order valence-electron chi connectivity index (χ1n) is 7.70. The largest absolute Gasteiger partial charge is 0.274 e. The van der Waals surface area contributed by atoms with Gasteiger partial charge < -0.3 is 0 Å². The molecule has 26 heavy (non-hydrogen) atoms. The molecule has 0 saturated carbocycles. The van der Waals surface area contributed by atoms with E-state index in [0.29, 0.717) is 16.4 Å². The highest BCUT2D eigenvalue weighted by atomic mass is 32.1. The fourth-order valence-corrected chi connectivity index (χ4v) is 3.00. The van der Waals surface area contributed by atoms with Crippen LogP contribution in [0, 0.1) is 0 Å². The lowest BCUT2D eigenvalue weighted by Gasteiger charge is -2.17. The van der Waals surface area contributed by atoms with Crippen molar-refractivity contribution in [2.45, 2.75) is 6.92 Å². The summed E-state index contributed by atoms with van der Waals surface area (Å²) < 4.78 is 0. The van der Waals surface area contributed by atoms with E-state index in [1.54, 1.807) is 23.7 Å². The molecule has 0 bridgehead atoms. The van der Waals surface area contributed by atoms with Crippen molar-refractivity contribution in [1.29, 1.82) is 0 Å². The number of hydrogen-bond acceptors (Lipinski definition) is 6. The predicted octanol–water partition coefficient (Wildman–Crippen LogP) is 2.99. The number of hydrogen-bond donors (Lipinski definition) is 1. The number of thiazole rings is 1. The number of carbonyl (C=O) groups is 2. The third-order valence-electron chi connectivity index (χ3n) is 3.32. The summed E-state index contributed by atoms with van der Waals surface area (Å²) in [5.41, 5.74) is 4.11. The molecule has 2 aromatic heterocycles. The van der Waals surface area contributed by atoms with Crippen molar-refractivity contribution in [3.05, 3.63) is 71.5 Å². The van der Waals surface area contributed by atoms with E-state index in [1.165, 1.54) is 35.6 Å². The number of anilines is 2. The molecule has 0 fully saturated rings. The molecule has 0 spiro atoms. The SMILES string of the molecule is CC(=O)N(c1ccccc1)c1nc(/C=N\NC(=O)c2cccnc2)cs1. The summed E-state index contributed by atoms with van der Waals surface area (Å²) in [4.78, 5) is 33.7. The Morgan fingerprint density at radius 1 is 1.19 bits per heavy atom. The molecule has 3 rings (SSSR count). The lowest BCUT2D eigenvalue weighted by Crippen LogP contribution is -2.22. The second-order valence-corrected chi connectivity index (χ2v) is 6.02. The Morgan fingerprint density at radius 3 is 2.69 bits per heavy atom. The number of amides is 2. The van der Waals surface area contributed by atoms with Crippen molar-refractivity contribution in [3.63, 3.8) is 0 Å². The summed E-state index contributed by atoms with van der Waals surface area (Å²) in [7, 11) is 0. The Hall–Kier alpha value is -3.39. The first kappa shape index (κ1) is 17.4. The maximum atomic E-state index is 12.0. The second-order valence-electron chi connectivity index (χ2n) is 5.19. The lowest BCUT2D eigenvalue weighted by molar-refractivity contribution is -0.115. The molecule has 0 aliphatic carbocycles. The Morgan fingerprint density at radius 2 is 2.00 bits per heavy atom. The summed E-state index contributed by atoms with van der Waals surface area (Å²) in [5.74, 6) is -0.502. The molecular weight excluding hydrogens is 350 g/mol. The summed E-state index contributed by atoms with van der Waals surface area (Å²) in [5, 5.41) is 6.19. The van der Waals surface area contributed by atoms with E-state index in [1.807, 2.05) is 30.3 Å². The van der Waals surface area contributed by atoms with Gasteiger partial charge in [-0.15, -0.1) is 11.3 Å². The summed E-state index contributed by atoms with van der Waals surface area (Å²) in [6.07, 6.45) is 4.47. The lowest BCUT2D eigenvalue weighted by atomic mass is 10.3. The zero-order valence-electron chi connectivity index (χ0n) is 13.9. The van der Waals surface area contributed by atoms with Gasteiger partial charge in [-0.1, -0.05) is 18.2 Å². The Bertz CT molecular complexity index is 925. The van der Waals surface area contributed by atoms with Gasteiger partial charge in [-0.05, 0) is 24.3 Å². The van der Waals surface area contributed by atoms with Crippen LogP contribution in [0.5, 0.6) is 0 Å². The van der Waals surface area contributed by atoms with E-state index < -0.39 is 0 Å². The molecule has 3 aromatic rings. The average molecular weight is 365 g/mol. The number of carbonyl (C=O) groups excluding carboxylic acids is 2. The number of benzene rings is 1. The van der Waals surface area contributed by atoms with E-state index in [9.17, 15) is 9.59 Å². The van der Waals surface area contributed by atoms with Gasteiger partial charge in [0, 0.05) is 24.7 Å². The van der Waals surface area contributed by atoms with Gasteiger partial charge in [-0.2, -0.15) is 5.10 Å². The van der Waals surface area contributed by atoms with Gasteiger partial charge in [0.25, 0.3) is 5.91 Å². The van der Waals surface area contributed by atoms with Crippen LogP contribution in [-0.2, 0) is 4.79 Å². The van der Waals surface area contributed by atoms with Crippen molar-refractivity contribution < 1.29 is 9.59 Å². The maximum absolute atomic E-state index is 12.0. The minimum absolute atomic E-state index is 0.140. The van der Waals surface area contributed by atoms with Gasteiger partial charge in [0.15, 0.2) is 5.13 Å². The quantitative estimate of drug-likeness (QED) is 0.556. The van der Waals surface area contributed by atoms with Crippen molar-refractivity contribution in [3.8, 4) is 0 Å². The predicted molar refractivity (Wildman–Crippen MR) is 101 cm³/mol. The second kappa shape index (κ2) is 8.13. The number of nitrogens with zero attached hydrogens (tertiary/aromatic N) is 4. The molecule has 0 radical (unpaired) electrons. The molecule has 1 aromatic carbocycles. The minimum Gasteiger partial charge on any atom is -0.274 e. The molecule has 130 valence electrons. The van der Waals surface area contributed by atoms with Crippen LogP contribution in [0.2, 0.25) is 0 Å². The summed E-state index contributed by atoms with van der Waals surface area (Å²) in [6, 6.07) is 12.6. The molecule has 2 heterocycles. The van der Waals surface area contributed by atoms with E-state index in [-0.39, 0.29) is 11.8 Å². The fraction of sp³-hybridized carbons (Fsp3) is 0.0556. The Kier molecular flexibility index (Phi) is 5.45. The van der Waals surface area contributed by atoms with Crippen LogP contribution < -0.4 is 10.3 Å². The standard InChI is InChI=1S/C18H15N5O2S/c1-13(24)23(16-7-3-2-4-8-16)18-21-15(12-26-18)11-20-22-17(25)14-6-5-9-19-10-14/h2-12H,1H3,(H,22,25)/b20-11-. The molecule has 0 aliphatic heterocycles. The first-order chi connectivity index (χ1) is 12.6. The number of aromatic nitrogens is 2. The van der Waals surface area contributed by atoms with Gasteiger partial charge in [0.2, 0.25) is 5.91 Å². The number of pyridine rings is 1. The van der Waals surface area contributed by atoms with Crippen LogP contribution in [-0.4, -0.2) is 28.0 Å². The molecule has 0 unspecified atom stereocenters. The number of para-hydroxylation sites is 1. The third kappa shape index (κ3) is 4.17. The summed E-state index contributed by atoms with van der Waals surface area (Å²) >= 11 is 1.32. The minimum atomic E-state index is -0.362. The van der Waals surface area contributed by atoms with Crippen molar-refractivity contribution >= 4 is 40.2 Å². The Balaban J connectivity index is 1.71. The van der Waals surface area contributed by atoms with Crippen LogP contribution in [0.3, 0.4) is 0 Å². The van der Waals surface area contributed by atoms with Crippen molar-refractivity contribution in [1.82, 2.24) is 15.4 Å². The molecule has 0 aliphatic rings. The van der Waals surface area contributed by atoms with Crippen LogP contribution in [0.15, 0.2) is 65.3 Å². The van der Waals surface area contributed by atoms with Crippen LogP contribution >= 0.6 is 11.3 Å². The summed E-state index contributed by atoms with van der Waals surface area (Å²) in [6.45, 7) is 1.48. The van der Waals surface area contributed by atoms with Crippen molar-refractivity contribution in [2.75, 3.05) is 4.90 Å². The highest BCUT2D eigenvalue weighted by Crippen LogP contribution is 2.28. The van der Waals surface area contributed by atoms with Crippen LogP contribution in [0.25, 0.3) is 0 Å². The fourth-order valence-electron chi connectivity index (χ4n) is 2.16. The maximum Gasteiger partial charge on any atom is 0.272 e. The topological polar surface area (TPSA) is 87.5 Å². The molecule has 8 heteroatoms. The molecular formula is C18H15N5O2S. The zero-order chi connectivity index (χ0) is 18.4. The van der Waals surface area contributed by atoms with Gasteiger partial charge >= 0.3 is 0 Å². The van der Waals surface area contributed by atoms with E-state index >= 15 is 0 Å². The van der Waals surface area contributed by atoms with Gasteiger partial charge in [-0.25, -0.2) is 10.4 Å². The number of nitrogens with one attached hydrogen (secondary N) is 1. The third-order valence-corrected chi connectivity index (χ3v) is 4.16. The molecule has 0 atom stereocenters. The molecule has 1 N–H and O–H groups in total. The van der Waals surface area contributed by atoms with Crippen LogP contribution in [0.4, 0.5) is 10.8 Å². The zero-order valence-corrected chi connectivity index (χ0v) is 14.7. The van der Waals surface area contributed by atoms with Crippen molar-refractivity contribution in [2.24, 2.45) is 5.10 Å². The highest BCUT2D eigenvalue weighted by molar-refractivity contribution is 7.14. The number of hydrazone groups is 1. The molecule has 7 nitrogen and oxygen atoms in total. The van der Waals surface area contributed by atoms with Crippen LogP contribution in [0.1, 0.15) is 23.0 Å². The number of rotatable bonds is 5. The average Bonchev–Trinajstić information content (AvgIpc) is 3.11. The molecule has 2 amide bonds. The van der Waals surface area contributed by atoms with Gasteiger partial charge in [0.05, 0.1) is 23.2 Å². The van der Waals surface area contributed by atoms with Gasteiger partial charge in [-0.3, -0.25) is 19.5 Å². The molecule has 0 saturated heterocycles. The van der Waals surface area contributed by atoms with E-state index in [4.69, 9.17) is 0 Å². The van der Waals surface area contributed by atoms with E-state index in [0.717, 1.165) is 5.69 Å². The van der Waals surface area contributed by atoms with Gasteiger partial charge in [0.1, 0.15) is 0 Å². The van der Waals surface area contributed by atoms with E-state index in [2.05, 4.69) is 20.5 Å². The highest BCUT2D eigenvalue weighted by Gasteiger charge is 2.17.